The minimum absolute atomic E-state index is 0.0925. The lowest BCUT2D eigenvalue weighted by molar-refractivity contribution is -0.118. The first-order valence-corrected chi connectivity index (χ1v) is 7.58. The van der Waals surface area contributed by atoms with Gasteiger partial charge in [-0.05, 0) is 31.0 Å². The zero-order valence-corrected chi connectivity index (χ0v) is 12.8. The van der Waals surface area contributed by atoms with E-state index in [-0.39, 0.29) is 18.6 Å². The van der Waals surface area contributed by atoms with Gasteiger partial charge < -0.3 is 20.1 Å². The van der Waals surface area contributed by atoms with Gasteiger partial charge in [-0.1, -0.05) is 19.4 Å². The maximum absolute atomic E-state index is 11.3. The van der Waals surface area contributed by atoms with Gasteiger partial charge in [-0.25, -0.2) is 0 Å². The van der Waals surface area contributed by atoms with Crippen molar-refractivity contribution in [3.8, 4) is 5.75 Å². The Morgan fingerprint density at radius 1 is 1.43 bits per heavy atom. The van der Waals surface area contributed by atoms with E-state index in [1.807, 2.05) is 18.2 Å². The van der Waals surface area contributed by atoms with Crippen molar-refractivity contribution in [2.75, 3.05) is 31.7 Å². The number of nitrogens with one attached hydrogen (secondary N) is 2. The van der Waals surface area contributed by atoms with Crippen molar-refractivity contribution in [3.05, 3.63) is 23.8 Å². The van der Waals surface area contributed by atoms with Gasteiger partial charge in [-0.2, -0.15) is 0 Å². The summed E-state index contributed by atoms with van der Waals surface area (Å²) in [5.41, 5.74) is 1.87. The van der Waals surface area contributed by atoms with Gasteiger partial charge in [-0.3, -0.25) is 4.79 Å². The molecule has 0 saturated carbocycles. The second-order valence-electron chi connectivity index (χ2n) is 5.23. The van der Waals surface area contributed by atoms with Gasteiger partial charge in [0, 0.05) is 19.2 Å². The molecule has 0 aliphatic carbocycles. The monoisotopic (exact) mass is 292 g/mol. The molecule has 1 aliphatic heterocycles. The summed E-state index contributed by atoms with van der Waals surface area (Å²) >= 11 is 0. The number of carbonyl (C=O) groups is 1. The van der Waals surface area contributed by atoms with Gasteiger partial charge in [0.05, 0.1) is 12.3 Å². The third kappa shape index (κ3) is 4.72. The Morgan fingerprint density at radius 3 is 3.10 bits per heavy atom. The summed E-state index contributed by atoms with van der Waals surface area (Å²) in [5, 5.41) is 6.24. The van der Waals surface area contributed by atoms with Crippen LogP contribution in [0, 0.1) is 0 Å². The molecule has 1 aliphatic rings. The van der Waals surface area contributed by atoms with Gasteiger partial charge in [0.2, 0.25) is 0 Å². The maximum Gasteiger partial charge on any atom is 0.262 e. The summed E-state index contributed by atoms with van der Waals surface area (Å²) in [5.74, 6) is 0.623. The zero-order chi connectivity index (χ0) is 15.1. The van der Waals surface area contributed by atoms with E-state index in [9.17, 15) is 4.79 Å². The van der Waals surface area contributed by atoms with Crippen molar-refractivity contribution in [2.24, 2.45) is 0 Å². The molecule has 0 saturated heterocycles. The number of fused-ring (bicyclic) bond motifs is 1. The van der Waals surface area contributed by atoms with Gasteiger partial charge >= 0.3 is 0 Å². The fourth-order valence-corrected chi connectivity index (χ4v) is 2.18. The van der Waals surface area contributed by atoms with Crippen LogP contribution in [-0.4, -0.2) is 32.3 Å². The van der Waals surface area contributed by atoms with E-state index >= 15 is 0 Å². The van der Waals surface area contributed by atoms with Crippen LogP contribution in [0.2, 0.25) is 0 Å². The number of benzene rings is 1. The summed E-state index contributed by atoms with van der Waals surface area (Å²) in [6.07, 6.45) is 2.27. The van der Waals surface area contributed by atoms with Crippen LogP contribution in [0.3, 0.4) is 0 Å². The Balaban J connectivity index is 1.81. The number of hydrogen-bond acceptors (Lipinski definition) is 4. The predicted molar refractivity (Wildman–Crippen MR) is 82.7 cm³/mol. The fraction of sp³-hybridized carbons (Fsp3) is 0.562. The molecule has 2 N–H and O–H groups in total. The van der Waals surface area contributed by atoms with Crippen molar-refractivity contribution < 1.29 is 14.3 Å². The summed E-state index contributed by atoms with van der Waals surface area (Å²) in [6.45, 7) is 6.70. The molecule has 1 aromatic carbocycles. The molecule has 1 amide bonds. The maximum atomic E-state index is 11.3. The van der Waals surface area contributed by atoms with Gasteiger partial charge in [0.1, 0.15) is 5.75 Å². The molecular weight excluding hydrogens is 268 g/mol. The van der Waals surface area contributed by atoms with Crippen LogP contribution in [0.4, 0.5) is 5.69 Å². The van der Waals surface area contributed by atoms with Crippen LogP contribution < -0.4 is 15.4 Å². The molecule has 0 spiro atoms. The highest BCUT2D eigenvalue weighted by Gasteiger charge is 2.17. The molecule has 0 aromatic heterocycles. The standard InChI is InChI=1S/C16H24N2O3/c1-3-4-8-20-9-7-17-12(2)13-5-6-15-14(10-13)18-16(19)11-21-15/h5-6,10,12,17H,3-4,7-9,11H2,1-2H3,(H,18,19). The Labute approximate surface area is 126 Å². The molecule has 1 unspecified atom stereocenters. The van der Waals surface area contributed by atoms with E-state index < -0.39 is 0 Å². The molecule has 21 heavy (non-hydrogen) atoms. The SMILES string of the molecule is CCCCOCCNC(C)c1ccc2c(c1)NC(=O)CO2. The Bertz CT molecular complexity index is 477. The second kappa shape index (κ2) is 8.00. The van der Waals surface area contributed by atoms with Crippen molar-refractivity contribution >= 4 is 11.6 Å². The largest absolute Gasteiger partial charge is 0.482 e. The van der Waals surface area contributed by atoms with Crippen LogP contribution in [0.15, 0.2) is 18.2 Å². The van der Waals surface area contributed by atoms with E-state index in [1.54, 1.807) is 0 Å². The lowest BCUT2D eigenvalue weighted by atomic mass is 10.1. The highest BCUT2D eigenvalue weighted by molar-refractivity contribution is 5.95. The Kier molecular flexibility index (Phi) is 6.02. The molecule has 116 valence electrons. The molecule has 1 atom stereocenters. The first-order chi connectivity index (χ1) is 10.2. The lowest BCUT2D eigenvalue weighted by Gasteiger charge is -2.21. The topological polar surface area (TPSA) is 59.6 Å². The number of ether oxygens (including phenoxy) is 2. The number of amides is 1. The van der Waals surface area contributed by atoms with E-state index in [4.69, 9.17) is 9.47 Å². The van der Waals surface area contributed by atoms with Crippen LogP contribution in [0.1, 0.15) is 38.3 Å². The molecule has 5 heteroatoms. The highest BCUT2D eigenvalue weighted by Crippen LogP contribution is 2.30. The third-order valence-electron chi connectivity index (χ3n) is 3.48. The molecule has 1 heterocycles. The first-order valence-electron chi connectivity index (χ1n) is 7.58. The fourth-order valence-electron chi connectivity index (χ4n) is 2.18. The van der Waals surface area contributed by atoms with E-state index in [1.165, 1.54) is 0 Å². The van der Waals surface area contributed by atoms with Gasteiger partial charge in [0.25, 0.3) is 5.91 Å². The molecule has 0 fully saturated rings. The van der Waals surface area contributed by atoms with Crippen molar-refractivity contribution in [1.82, 2.24) is 5.32 Å². The van der Waals surface area contributed by atoms with Gasteiger partial charge in [0.15, 0.2) is 6.61 Å². The molecule has 5 nitrogen and oxygen atoms in total. The first kappa shape index (κ1) is 15.8. The molecular formula is C16H24N2O3. The number of rotatable bonds is 8. The third-order valence-corrected chi connectivity index (χ3v) is 3.48. The Morgan fingerprint density at radius 2 is 2.29 bits per heavy atom. The highest BCUT2D eigenvalue weighted by atomic mass is 16.5. The second-order valence-corrected chi connectivity index (χ2v) is 5.23. The minimum atomic E-state index is -0.107. The summed E-state index contributed by atoms with van der Waals surface area (Å²) < 4.78 is 10.9. The number of carbonyl (C=O) groups excluding carboxylic acids is 1. The molecule has 0 bridgehead atoms. The van der Waals surface area contributed by atoms with Crippen LogP contribution in [-0.2, 0) is 9.53 Å². The zero-order valence-electron chi connectivity index (χ0n) is 12.8. The smallest absolute Gasteiger partial charge is 0.262 e. The predicted octanol–water partition coefficient (Wildman–Crippen LogP) is 2.48. The average molecular weight is 292 g/mol. The normalized spacial score (nSPS) is 15.0. The van der Waals surface area contributed by atoms with Gasteiger partial charge in [-0.15, -0.1) is 0 Å². The van der Waals surface area contributed by atoms with Crippen LogP contribution in [0.25, 0.3) is 0 Å². The minimum Gasteiger partial charge on any atom is -0.482 e. The van der Waals surface area contributed by atoms with Crippen LogP contribution in [0.5, 0.6) is 5.75 Å². The quantitative estimate of drug-likeness (QED) is 0.723. The van der Waals surface area contributed by atoms with Crippen molar-refractivity contribution in [3.63, 3.8) is 0 Å². The number of hydrogen-bond donors (Lipinski definition) is 2. The van der Waals surface area contributed by atoms with E-state index in [0.29, 0.717) is 0 Å². The Hall–Kier alpha value is -1.59. The summed E-state index contributed by atoms with van der Waals surface area (Å²) in [6, 6.07) is 6.08. The van der Waals surface area contributed by atoms with E-state index in [2.05, 4.69) is 24.5 Å². The van der Waals surface area contributed by atoms with E-state index in [0.717, 1.165) is 49.6 Å². The average Bonchev–Trinajstić information content (AvgIpc) is 2.49. The lowest BCUT2D eigenvalue weighted by Crippen LogP contribution is -2.26. The van der Waals surface area contributed by atoms with Crippen LogP contribution >= 0.6 is 0 Å². The molecule has 0 radical (unpaired) electrons. The molecule has 2 rings (SSSR count). The number of unbranched alkanes of at least 4 members (excludes halogenated alkanes) is 1. The van der Waals surface area contributed by atoms with Crippen molar-refractivity contribution in [1.29, 1.82) is 0 Å². The number of anilines is 1. The summed E-state index contributed by atoms with van der Waals surface area (Å²) in [4.78, 5) is 11.3. The van der Waals surface area contributed by atoms with Crippen molar-refractivity contribution in [2.45, 2.75) is 32.7 Å². The molecule has 1 aromatic rings. The summed E-state index contributed by atoms with van der Waals surface area (Å²) in [7, 11) is 0.